The van der Waals surface area contributed by atoms with Crippen LogP contribution in [0.5, 0.6) is 11.5 Å². The van der Waals surface area contributed by atoms with Gasteiger partial charge in [0.15, 0.2) is 12.2 Å². The molecular weight excluding hydrogens is 834 g/mol. The van der Waals surface area contributed by atoms with E-state index in [-0.39, 0.29) is 48.1 Å². The highest BCUT2D eigenvalue weighted by atomic mass is 19.4. The molecule has 0 bridgehead atoms. The van der Waals surface area contributed by atoms with Gasteiger partial charge in [-0.3, -0.25) is 19.6 Å². The van der Waals surface area contributed by atoms with Crippen LogP contribution in [0.2, 0.25) is 0 Å². The second kappa shape index (κ2) is 19.2. The molecule has 18 heteroatoms. The van der Waals surface area contributed by atoms with Gasteiger partial charge in [-0.15, -0.1) is 0 Å². The number of rotatable bonds is 12. The van der Waals surface area contributed by atoms with E-state index < -0.39 is 30.3 Å². The van der Waals surface area contributed by atoms with E-state index >= 15 is 0 Å². The lowest BCUT2D eigenvalue weighted by Gasteiger charge is -2.25. The van der Waals surface area contributed by atoms with Crippen molar-refractivity contribution in [2.24, 2.45) is 25.7 Å². The smallest absolute Gasteiger partial charge is 0.407 e. The number of nitriles is 1. The molecule has 0 aliphatic rings. The van der Waals surface area contributed by atoms with E-state index in [9.17, 15) is 32.8 Å². The quantitative estimate of drug-likeness (QED) is 0.112. The number of hydrogen-bond donors (Lipinski definition) is 2. The number of nitrogens with zero attached hydrogens (tertiary/aromatic N) is 6. The molecular formula is C46H49F3N8O7. The van der Waals surface area contributed by atoms with Gasteiger partial charge in [-0.25, -0.2) is 9.78 Å². The van der Waals surface area contributed by atoms with Crippen molar-refractivity contribution in [1.82, 2.24) is 29.4 Å². The topological polar surface area (TPSA) is 202 Å². The standard InChI is InChI=1S/C27H32N4O5.C19H17F3N4O2/c1-16(2)9-17(30-26(33)36-27(3,4)5)14-34-23-11-22-19(10-20(23)24-13-29-15-35-24)18-7-8-28-12-21(18)25(32)31(22)6;1-26-16-7-17(28-10-12(24)2-4-19(20,21)22)11(8-23)6-14(16)13-3-5-25-9-15(13)18(26)27/h7-8,10-13,15-17H,9,14H2,1-6H3,(H,30,33);3,5-7,9,12H,2,4,10,24H2,1H3/t17-;/m0./s1. The van der Waals surface area contributed by atoms with Crippen molar-refractivity contribution >= 4 is 49.4 Å². The van der Waals surface area contributed by atoms with Gasteiger partial charge in [0.05, 0.1) is 45.2 Å². The van der Waals surface area contributed by atoms with E-state index in [2.05, 4.69) is 34.1 Å². The third-order valence-corrected chi connectivity index (χ3v) is 10.2. The number of hydrogen-bond acceptors (Lipinski definition) is 12. The number of alkyl halides is 3. The highest BCUT2D eigenvalue weighted by Gasteiger charge is 2.28. The molecule has 0 aliphatic heterocycles. The molecule has 7 aromatic rings. The summed E-state index contributed by atoms with van der Waals surface area (Å²) in [7, 11) is 3.31. The lowest BCUT2D eigenvalue weighted by molar-refractivity contribution is -0.136. The van der Waals surface area contributed by atoms with E-state index in [0.29, 0.717) is 62.0 Å². The zero-order valence-corrected chi connectivity index (χ0v) is 36.4. The number of carbonyl (C=O) groups is 1. The Balaban J connectivity index is 0.000000219. The van der Waals surface area contributed by atoms with Gasteiger partial charge in [-0.2, -0.15) is 18.4 Å². The number of nitrogens with one attached hydrogen (secondary N) is 1. The molecule has 0 saturated carbocycles. The Bertz CT molecular complexity index is 2970. The molecule has 0 radical (unpaired) electrons. The summed E-state index contributed by atoms with van der Waals surface area (Å²) in [6.07, 6.45) is 3.87. The van der Waals surface area contributed by atoms with Gasteiger partial charge in [0.2, 0.25) is 0 Å². The van der Waals surface area contributed by atoms with Gasteiger partial charge in [-0.1, -0.05) is 13.8 Å². The number of ether oxygens (including phenoxy) is 3. The van der Waals surface area contributed by atoms with Crippen LogP contribution in [0, 0.1) is 17.2 Å². The fourth-order valence-corrected chi connectivity index (χ4v) is 7.20. The Kier molecular flexibility index (Phi) is 13.9. The summed E-state index contributed by atoms with van der Waals surface area (Å²) in [4.78, 5) is 50.1. The zero-order valence-electron chi connectivity index (χ0n) is 36.4. The number of amides is 1. The molecule has 64 heavy (non-hydrogen) atoms. The number of carbonyl (C=O) groups excluding carboxylic acids is 1. The van der Waals surface area contributed by atoms with Crippen molar-refractivity contribution in [3.63, 3.8) is 0 Å². The first-order valence-electron chi connectivity index (χ1n) is 20.4. The van der Waals surface area contributed by atoms with Crippen molar-refractivity contribution < 1.29 is 36.6 Å². The van der Waals surface area contributed by atoms with Crippen LogP contribution in [-0.2, 0) is 18.8 Å². The highest BCUT2D eigenvalue weighted by molar-refractivity contribution is 6.08. The Morgan fingerprint density at radius 2 is 1.42 bits per heavy atom. The molecule has 0 fully saturated rings. The highest BCUT2D eigenvalue weighted by Crippen LogP contribution is 2.36. The fourth-order valence-electron chi connectivity index (χ4n) is 7.20. The van der Waals surface area contributed by atoms with E-state index in [1.807, 2.05) is 45.0 Å². The largest absolute Gasteiger partial charge is 0.491 e. The zero-order chi connectivity index (χ0) is 46.5. The van der Waals surface area contributed by atoms with E-state index in [1.54, 1.807) is 55.6 Å². The van der Waals surface area contributed by atoms with Crippen molar-refractivity contribution in [3.8, 4) is 28.9 Å². The minimum atomic E-state index is -4.29. The second-order valence-electron chi connectivity index (χ2n) is 16.8. The third-order valence-electron chi connectivity index (χ3n) is 10.2. The van der Waals surface area contributed by atoms with Crippen LogP contribution in [0.4, 0.5) is 18.0 Å². The van der Waals surface area contributed by atoms with Gasteiger partial charge in [-0.05, 0) is 74.6 Å². The fraction of sp³-hybridized carbons (Fsp3) is 0.370. The van der Waals surface area contributed by atoms with Gasteiger partial charge in [0.1, 0.15) is 36.4 Å². The molecule has 0 saturated heterocycles. The Morgan fingerprint density at radius 1 is 0.844 bits per heavy atom. The molecule has 1 amide bonds. The molecule has 5 aromatic heterocycles. The molecule has 0 spiro atoms. The van der Waals surface area contributed by atoms with Crippen molar-refractivity contribution in [2.45, 2.75) is 77.7 Å². The molecule has 7 rings (SSSR count). The van der Waals surface area contributed by atoms with E-state index in [4.69, 9.17) is 24.4 Å². The van der Waals surface area contributed by atoms with Crippen LogP contribution < -0.4 is 31.6 Å². The molecule has 3 N–H and O–H groups in total. The van der Waals surface area contributed by atoms with Crippen molar-refractivity contribution in [1.29, 1.82) is 5.26 Å². The molecule has 0 aliphatic carbocycles. The number of fused-ring (bicyclic) bond motifs is 6. The summed E-state index contributed by atoms with van der Waals surface area (Å²) in [5.41, 5.74) is 6.82. The Hall–Kier alpha value is -7.00. The number of oxazole rings is 1. The summed E-state index contributed by atoms with van der Waals surface area (Å²) in [6, 6.07) is 11.3. The number of aryl methyl sites for hydroxylation is 2. The number of aromatic nitrogens is 5. The summed E-state index contributed by atoms with van der Waals surface area (Å²) >= 11 is 0. The normalized spacial score (nSPS) is 12.8. The second-order valence-corrected chi connectivity index (χ2v) is 16.8. The molecule has 336 valence electrons. The number of benzene rings is 2. The molecule has 5 heterocycles. The van der Waals surface area contributed by atoms with Crippen LogP contribution in [0.1, 0.15) is 59.4 Å². The van der Waals surface area contributed by atoms with Gasteiger partial charge in [0, 0.05) is 74.3 Å². The van der Waals surface area contributed by atoms with Crippen LogP contribution in [0.25, 0.3) is 54.7 Å². The minimum absolute atomic E-state index is 0.145. The lowest BCUT2D eigenvalue weighted by Crippen LogP contribution is -2.42. The van der Waals surface area contributed by atoms with Crippen LogP contribution >= 0.6 is 0 Å². The SMILES string of the molecule is CC(C)C[C@@H](COc1cc2c(cc1-c1cnco1)c1ccncc1c(=O)n2C)NC(=O)OC(C)(C)C.Cn1c(=O)c2cnccc2c2cc(C#N)c(OCC(N)CCC(F)(F)F)cc21. The van der Waals surface area contributed by atoms with Gasteiger partial charge < -0.3 is 38.8 Å². The summed E-state index contributed by atoms with van der Waals surface area (Å²) in [6.45, 7) is 9.65. The number of pyridine rings is 4. The predicted molar refractivity (Wildman–Crippen MR) is 236 cm³/mol. The molecule has 2 aromatic carbocycles. The molecule has 2 atom stereocenters. The lowest BCUT2D eigenvalue weighted by atomic mass is 10.0. The number of halogens is 3. The molecule has 1 unspecified atom stereocenters. The number of alkyl carbamates (subject to hydrolysis) is 1. The van der Waals surface area contributed by atoms with Gasteiger partial charge >= 0.3 is 12.3 Å². The van der Waals surface area contributed by atoms with Crippen LogP contribution in [0.3, 0.4) is 0 Å². The monoisotopic (exact) mass is 882 g/mol. The summed E-state index contributed by atoms with van der Waals surface area (Å²) in [5, 5.41) is 16.3. The van der Waals surface area contributed by atoms with E-state index in [1.165, 1.54) is 23.2 Å². The summed E-state index contributed by atoms with van der Waals surface area (Å²) < 4.78 is 62.8. The molecule has 15 nitrogen and oxygen atoms in total. The maximum atomic E-state index is 13.0. The predicted octanol–water partition coefficient (Wildman–Crippen LogP) is 8.07. The maximum Gasteiger partial charge on any atom is 0.407 e. The first kappa shape index (κ1) is 46.5. The first-order valence-corrected chi connectivity index (χ1v) is 20.4. The maximum absolute atomic E-state index is 13.0. The average molecular weight is 883 g/mol. The number of nitrogens with two attached hydrogens (primary N) is 1. The van der Waals surface area contributed by atoms with Gasteiger partial charge in [0.25, 0.3) is 11.1 Å². The van der Waals surface area contributed by atoms with Crippen LogP contribution in [-0.4, -0.2) is 67.3 Å². The minimum Gasteiger partial charge on any atom is -0.491 e. The van der Waals surface area contributed by atoms with E-state index in [0.717, 1.165) is 10.8 Å². The van der Waals surface area contributed by atoms with Crippen LogP contribution in [0.15, 0.2) is 87.8 Å². The average Bonchev–Trinajstić information content (AvgIpc) is 3.79. The Morgan fingerprint density at radius 3 is 1.95 bits per heavy atom. The van der Waals surface area contributed by atoms with Crippen molar-refractivity contribution in [3.05, 3.63) is 100 Å². The van der Waals surface area contributed by atoms with Crippen molar-refractivity contribution in [2.75, 3.05) is 13.2 Å². The first-order chi connectivity index (χ1) is 30.2. The summed E-state index contributed by atoms with van der Waals surface area (Å²) in [5.74, 6) is 1.53. The third kappa shape index (κ3) is 11.0. The Labute approximate surface area is 365 Å².